The number of nitrogens with one attached hydrogen (secondary N) is 4. The lowest BCUT2D eigenvalue weighted by Gasteiger charge is -2.22. The molecule has 0 bridgehead atoms. The molecule has 0 aliphatic rings. The summed E-state index contributed by atoms with van der Waals surface area (Å²) in [6.07, 6.45) is -5.16. The first-order valence-corrected chi connectivity index (χ1v) is 12.5. The minimum atomic E-state index is -5.02. The largest absolute Gasteiger partial charge is 0.419 e. The number of benzene rings is 2. The number of alkyl halides is 3. The van der Waals surface area contributed by atoms with E-state index in [0.29, 0.717) is 12.1 Å². The number of hydrogen-bond acceptors (Lipinski definition) is 5. The first-order valence-electron chi connectivity index (χ1n) is 12.5. The number of halogens is 4. The zero-order chi connectivity index (χ0) is 30.7. The molecular weight excluding hydrogens is 549 g/mol. The maximum Gasteiger partial charge on any atom is 0.419 e. The molecule has 0 saturated carbocycles. The molecule has 2 rings (SSSR count). The van der Waals surface area contributed by atoms with Crippen molar-refractivity contribution in [3.8, 4) is 0 Å². The number of carbonyl (C=O) groups is 5. The Bertz CT molecular complexity index is 1250. The van der Waals surface area contributed by atoms with Crippen molar-refractivity contribution in [3.05, 3.63) is 71.0 Å². The van der Waals surface area contributed by atoms with Gasteiger partial charge in [0.25, 0.3) is 5.91 Å². The third-order valence-corrected chi connectivity index (χ3v) is 5.79. The minimum absolute atomic E-state index is 0.116. The third-order valence-electron chi connectivity index (χ3n) is 5.79. The average molecular weight is 581 g/mol. The molecule has 0 radical (unpaired) electrons. The second kappa shape index (κ2) is 14.8. The summed E-state index contributed by atoms with van der Waals surface area (Å²) in [5.41, 5.74) is 3.69. The Morgan fingerprint density at radius 1 is 0.902 bits per heavy atom. The van der Waals surface area contributed by atoms with Crippen LogP contribution in [0, 0.1) is 11.7 Å². The standard InChI is InChI=1S/C27H31F4N5O5/c1-15(2)23(36-24(39)17-8-9-19(28)18(13-17)27(29,30)31)26(41)33-11-10-22(38)35-20(25(40)34-14-21(32)37)12-16-6-4-3-5-7-16/h3-9,13,15,20,23H,10-12,14H2,1-2H3,(H2,32,37)(H,33,41)(H,34,40)(H,35,38)(H,36,39)/t20-,23-/m0/s1/i28-1. The molecule has 0 aromatic heterocycles. The molecule has 0 aliphatic carbocycles. The summed E-state index contributed by atoms with van der Waals surface area (Å²) in [6.45, 7) is 2.55. The van der Waals surface area contributed by atoms with Gasteiger partial charge in [-0.2, -0.15) is 13.2 Å². The van der Waals surface area contributed by atoms with Gasteiger partial charge in [0.15, 0.2) is 0 Å². The fourth-order valence-electron chi connectivity index (χ4n) is 3.68. The molecule has 5 amide bonds. The molecule has 10 nitrogen and oxygen atoms in total. The van der Waals surface area contributed by atoms with Gasteiger partial charge in [0, 0.05) is 24.9 Å². The Labute approximate surface area is 233 Å². The fourth-order valence-corrected chi connectivity index (χ4v) is 3.68. The van der Waals surface area contributed by atoms with Crippen LogP contribution in [0.3, 0.4) is 0 Å². The Morgan fingerprint density at radius 2 is 1.56 bits per heavy atom. The molecule has 0 heterocycles. The van der Waals surface area contributed by atoms with Crippen molar-refractivity contribution >= 4 is 29.5 Å². The quantitative estimate of drug-likeness (QED) is 0.227. The highest BCUT2D eigenvalue weighted by atomic mass is 19.4. The SMILES string of the molecule is CC(C)[C@H](NC(=O)c1ccc([18F])c(C(F)(F)F)c1)C(=O)NCCC(=O)N[C@@H](Cc1ccccc1)C(=O)NCC(N)=O. The van der Waals surface area contributed by atoms with E-state index in [2.05, 4.69) is 21.3 Å². The van der Waals surface area contributed by atoms with Crippen LogP contribution >= 0.6 is 0 Å². The topological polar surface area (TPSA) is 159 Å². The van der Waals surface area contributed by atoms with Crippen molar-refractivity contribution in [2.75, 3.05) is 13.1 Å². The molecule has 2 aromatic rings. The monoisotopic (exact) mass is 580 g/mol. The van der Waals surface area contributed by atoms with Crippen molar-refractivity contribution in [2.45, 2.75) is 44.9 Å². The molecule has 2 atom stereocenters. The summed E-state index contributed by atoms with van der Waals surface area (Å²) in [5, 5.41) is 9.69. The smallest absolute Gasteiger partial charge is 0.368 e. The molecule has 6 N–H and O–H groups in total. The van der Waals surface area contributed by atoms with Gasteiger partial charge in [0.05, 0.1) is 12.1 Å². The number of rotatable bonds is 13. The molecule has 222 valence electrons. The Kier molecular flexibility index (Phi) is 11.8. The van der Waals surface area contributed by atoms with Crippen LogP contribution in [0.25, 0.3) is 0 Å². The molecule has 2 aromatic carbocycles. The van der Waals surface area contributed by atoms with E-state index in [1.165, 1.54) is 0 Å². The number of amides is 5. The second-order valence-electron chi connectivity index (χ2n) is 9.42. The van der Waals surface area contributed by atoms with Crippen LogP contribution in [0.1, 0.15) is 41.8 Å². The van der Waals surface area contributed by atoms with Gasteiger partial charge in [-0.3, -0.25) is 24.0 Å². The van der Waals surface area contributed by atoms with Crippen LogP contribution in [0.4, 0.5) is 17.6 Å². The molecule has 14 heteroatoms. The summed E-state index contributed by atoms with van der Waals surface area (Å²) in [4.78, 5) is 61.4. The van der Waals surface area contributed by atoms with E-state index in [9.17, 15) is 41.5 Å². The van der Waals surface area contributed by atoms with Crippen molar-refractivity contribution in [3.63, 3.8) is 0 Å². The zero-order valence-electron chi connectivity index (χ0n) is 22.3. The molecule has 0 unspecified atom stereocenters. The van der Waals surface area contributed by atoms with E-state index in [1.54, 1.807) is 44.2 Å². The molecule has 41 heavy (non-hydrogen) atoms. The Morgan fingerprint density at radius 3 is 2.15 bits per heavy atom. The maximum atomic E-state index is 13.6. The van der Waals surface area contributed by atoms with Crippen molar-refractivity contribution < 1.29 is 41.5 Å². The highest BCUT2D eigenvalue weighted by molar-refractivity contribution is 5.98. The average Bonchev–Trinajstić information content (AvgIpc) is 2.89. The van der Waals surface area contributed by atoms with Crippen LogP contribution in [0.15, 0.2) is 48.5 Å². The van der Waals surface area contributed by atoms with Crippen LogP contribution in [0.5, 0.6) is 0 Å². The summed E-state index contributed by atoms with van der Waals surface area (Å²) < 4.78 is 52.6. The molecule has 0 fully saturated rings. The van der Waals surface area contributed by atoms with Crippen LogP contribution in [0.2, 0.25) is 0 Å². The van der Waals surface area contributed by atoms with Crippen LogP contribution in [-0.4, -0.2) is 54.7 Å². The normalized spacial score (nSPS) is 12.7. The lowest BCUT2D eigenvalue weighted by molar-refractivity contribution is -0.140. The van der Waals surface area contributed by atoms with E-state index in [-0.39, 0.29) is 19.4 Å². The van der Waals surface area contributed by atoms with Gasteiger partial charge in [0.2, 0.25) is 23.6 Å². The van der Waals surface area contributed by atoms with E-state index in [0.717, 1.165) is 11.6 Å². The number of nitrogens with two attached hydrogens (primary N) is 1. The van der Waals surface area contributed by atoms with Gasteiger partial charge in [0.1, 0.15) is 17.9 Å². The van der Waals surface area contributed by atoms with Gasteiger partial charge in [-0.15, -0.1) is 0 Å². The van der Waals surface area contributed by atoms with E-state index in [4.69, 9.17) is 5.73 Å². The first-order chi connectivity index (χ1) is 19.2. The fraction of sp³-hybridized carbons (Fsp3) is 0.370. The van der Waals surface area contributed by atoms with Crippen molar-refractivity contribution in [2.24, 2.45) is 11.7 Å². The van der Waals surface area contributed by atoms with Crippen molar-refractivity contribution in [1.82, 2.24) is 21.3 Å². The highest BCUT2D eigenvalue weighted by Crippen LogP contribution is 2.31. The van der Waals surface area contributed by atoms with E-state index >= 15 is 0 Å². The molecular formula is C27H31F4N5O5. The lowest BCUT2D eigenvalue weighted by Crippen LogP contribution is -2.51. The highest BCUT2D eigenvalue weighted by Gasteiger charge is 2.35. The summed E-state index contributed by atoms with van der Waals surface area (Å²) in [6, 6.07) is 8.28. The second-order valence-corrected chi connectivity index (χ2v) is 9.42. The van der Waals surface area contributed by atoms with E-state index in [1.807, 2.05) is 0 Å². The molecule has 0 saturated heterocycles. The number of primary amides is 1. The number of carbonyl (C=O) groups excluding carboxylic acids is 5. The number of hydrogen-bond donors (Lipinski definition) is 5. The van der Waals surface area contributed by atoms with Gasteiger partial charge in [-0.05, 0) is 29.7 Å². The third kappa shape index (κ3) is 10.5. The van der Waals surface area contributed by atoms with Gasteiger partial charge in [-0.25, -0.2) is 4.39 Å². The van der Waals surface area contributed by atoms with Crippen LogP contribution < -0.4 is 27.0 Å². The summed E-state index contributed by atoms with van der Waals surface area (Å²) in [7, 11) is 0. The van der Waals surface area contributed by atoms with Gasteiger partial charge < -0.3 is 27.0 Å². The lowest BCUT2D eigenvalue weighted by atomic mass is 10.0. The van der Waals surface area contributed by atoms with Gasteiger partial charge in [-0.1, -0.05) is 44.2 Å². The maximum absolute atomic E-state index is 13.6. The predicted molar refractivity (Wildman–Crippen MR) is 139 cm³/mol. The van der Waals surface area contributed by atoms with Crippen LogP contribution in [-0.2, 0) is 31.8 Å². The summed E-state index contributed by atoms with van der Waals surface area (Å²) >= 11 is 0. The Balaban J connectivity index is 1.98. The summed E-state index contributed by atoms with van der Waals surface area (Å²) in [5.74, 6) is -5.77. The van der Waals surface area contributed by atoms with E-state index < -0.39 is 77.2 Å². The van der Waals surface area contributed by atoms with Gasteiger partial charge >= 0.3 is 6.18 Å². The minimum Gasteiger partial charge on any atom is -0.368 e. The predicted octanol–water partition coefficient (Wildman–Crippen LogP) is 1.43. The molecule has 0 aliphatic heterocycles. The first kappa shape index (κ1) is 32.7. The van der Waals surface area contributed by atoms with Crippen molar-refractivity contribution in [1.29, 1.82) is 0 Å². The zero-order valence-corrected chi connectivity index (χ0v) is 22.3. The molecule has 0 spiro atoms. The Hall–Kier alpha value is -4.49.